The molecule has 1 aliphatic rings. The van der Waals surface area contributed by atoms with Gasteiger partial charge in [0.1, 0.15) is 11.7 Å². The fourth-order valence-electron chi connectivity index (χ4n) is 2.63. The van der Waals surface area contributed by atoms with Crippen LogP contribution in [-0.2, 0) is 9.22 Å². The first-order chi connectivity index (χ1) is 10.3. The molecule has 8 heteroatoms. The molecular weight excluding hydrogens is 321 g/mol. The number of hydrogen-bond donors (Lipinski definition) is 2. The largest absolute Gasteiger partial charge is 0.479 e. The van der Waals surface area contributed by atoms with E-state index in [4.69, 9.17) is 4.43 Å². The van der Waals surface area contributed by atoms with Gasteiger partial charge in [0, 0.05) is 13.0 Å². The zero-order valence-electron chi connectivity index (χ0n) is 14.6. The fraction of sp³-hybridized carbons (Fsp3) is 0.867. The lowest BCUT2D eigenvalue weighted by molar-refractivity contribution is -0.149. The van der Waals surface area contributed by atoms with Crippen LogP contribution in [0.3, 0.4) is 0 Å². The van der Waals surface area contributed by atoms with Gasteiger partial charge in [-0.3, -0.25) is 4.90 Å². The smallest absolute Gasteiger partial charge is 0.408 e. The van der Waals surface area contributed by atoms with Gasteiger partial charge in [0.2, 0.25) is 0 Å². The number of rotatable bonds is 6. The van der Waals surface area contributed by atoms with Gasteiger partial charge in [-0.1, -0.05) is 20.8 Å². The Balaban J connectivity index is 2.72. The Labute approximate surface area is 137 Å². The van der Waals surface area contributed by atoms with Crippen LogP contribution in [0.1, 0.15) is 40.0 Å². The molecule has 1 rings (SSSR count). The standard InChI is InChI=1S/C15H28FNO5Si/c1-14(2,3)23(4,5)22-8-6-7-15(12(18)19)9-11(16)10-17(15)13(20)21/h11H,6-10H2,1-5H3,(H,18,19)(H,20,21)/t11-,15-/m0/s1. The van der Waals surface area contributed by atoms with Crippen LogP contribution in [0.2, 0.25) is 18.1 Å². The van der Waals surface area contributed by atoms with E-state index in [9.17, 15) is 24.2 Å². The number of hydrogen-bond acceptors (Lipinski definition) is 3. The van der Waals surface area contributed by atoms with Crippen molar-refractivity contribution in [2.75, 3.05) is 13.2 Å². The number of likely N-dealkylation sites (tertiary alicyclic amines) is 1. The van der Waals surface area contributed by atoms with Crippen molar-refractivity contribution in [3.8, 4) is 0 Å². The SMILES string of the molecule is CC(C)(C)[Si](C)(C)OCCC[C@@]1(C(=O)O)C[C@H](F)CN1C(=O)O. The number of carboxylic acid groups (broad SMARTS) is 2. The summed E-state index contributed by atoms with van der Waals surface area (Å²) < 4.78 is 19.6. The van der Waals surface area contributed by atoms with Crippen LogP contribution in [0.5, 0.6) is 0 Å². The lowest BCUT2D eigenvalue weighted by Gasteiger charge is -2.37. The molecule has 134 valence electrons. The van der Waals surface area contributed by atoms with Crippen molar-refractivity contribution >= 4 is 20.4 Å². The van der Waals surface area contributed by atoms with E-state index >= 15 is 0 Å². The maximum absolute atomic E-state index is 13.7. The van der Waals surface area contributed by atoms with Gasteiger partial charge in [0.05, 0.1) is 6.54 Å². The Bertz CT molecular complexity index is 465. The molecule has 1 saturated heterocycles. The highest BCUT2D eigenvalue weighted by Crippen LogP contribution is 2.38. The minimum atomic E-state index is -1.94. The zero-order chi connectivity index (χ0) is 18.1. The number of amides is 1. The van der Waals surface area contributed by atoms with E-state index in [0.717, 1.165) is 4.90 Å². The number of carboxylic acids is 1. The summed E-state index contributed by atoms with van der Waals surface area (Å²) in [5, 5.41) is 18.7. The fourth-order valence-corrected chi connectivity index (χ4v) is 3.72. The van der Waals surface area contributed by atoms with Crippen molar-refractivity contribution in [3.63, 3.8) is 0 Å². The molecule has 1 fully saturated rings. The number of carbonyl (C=O) groups is 2. The summed E-state index contributed by atoms with van der Waals surface area (Å²) in [5.41, 5.74) is -1.68. The normalized spacial score (nSPS) is 25.7. The topological polar surface area (TPSA) is 87.1 Å². The van der Waals surface area contributed by atoms with Gasteiger partial charge in [-0.25, -0.2) is 14.0 Å². The molecule has 1 aliphatic heterocycles. The molecule has 1 heterocycles. The van der Waals surface area contributed by atoms with Gasteiger partial charge in [0.25, 0.3) is 0 Å². The Morgan fingerprint density at radius 2 is 1.91 bits per heavy atom. The molecule has 0 aromatic heterocycles. The predicted molar refractivity (Wildman–Crippen MR) is 87.0 cm³/mol. The summed E-state index contributed by atoms with van der Waals surface area (Å²) in [5.74, 6) is -1.28. The molecule has 0 aromatic carbocycles. The van der Waals surface area contributed by atoms with Crippen LogP contribution in [0.4, 0.5) is 9.18 Å². The average Bonchev–Trinajstić information content (AvgIpc) is 2.72. The van der Waals surface area contributed by atoms with E-state index in [1.54, 1.807) is 0 Å². The van der Waals surface area contributed by atoms with Crippen molar-refractivity contribution < 1.29 is 28.6 Å². The van der Waals surface area contributed by atoms with Gasteiger partial charge in [0.15, 0.2) is 8.32 Å². The third-order valence-electron chi connectivity index (χ3n) is 5.09. The predicted octanol–water partition coefficient (Wildman–Crippen LogP) is 3.33. The quantitative estimate of drug-likeness (QED) is 0.567. The first-order valence-corrected chi connectivity index (χ1v) is 10.8. The van der Waals surface area contributed by atoms with Crippen molar-refractivity contribution in [3.05, 3.63) is 0 Å². The molecule has 0 aliphatic carbocycles. The molecule has 0 unspecified atom stereocenters. The molecule has 23 heavy (non-hydrogen) atoms. The maximum atomic E-state index is 13.7. The summed E-state index contributed by atoms with van der Waals surface area (Å²) in [7, 11) is -1.94. The highest BCUT2D eigenvalue weighted by atomic mass is 28.4. The lowest BCUT2D eigenvalue weighted by atomic mass is 9.90. The van der Waals surface area contributed by atoms with E-state index in [0.29, 0.717) is 13.0 Å². The van der Waals surface area contributed by atoms with Crippen molar-refractivity contribution in [2.45, 2.75) is 69.9 Å². The number of halogens is 1. The van der Waals surface area contributed by atoms with E-state index < -0.39 is 32.1 Å². The monoisotopic (exact) mass is 349 g/mol. The Kier molecular flexibility index (Phi) is 5.85. The first-order valence-electron chi connectivity index (χ1n) is 7.85. The number of nitrogens with zero attached hydrogens (tertiary/aromatic N) is 1. The van der Waals surface area contributed by atoms with Gasteiger partial charge in [-0.2, -0.15) is 0 Å². The number of alkyl halides is 1. The highest BCUT2D eigenvalue weighted by Gasteiger charge is 2.53. The molecular formula is C15H28FNO5Si. The summed E-state index contributed by atoms with van der Waals surface area (Å²) in [6.45, 7) is 10.5. The minimum Gasteiger partial charge on any atom is -0.479 e. The van der Waals surface area contributed by atoms with Crippen molar-refractivity contribution in [1.82, 2.24) is 4.90 Å². The van der Waals surface area contributed by atoms with Crippen LogP contribution in [-0.4, -0.2) is 60.4 Å². The summed E-state index contributed by atoms with van der Waals surface area (Å²) >= 11 is 0. The molecule has 2 N–H and O–H groups in total. The molecule has 6 nitrogen and oxygen atoms in total. The summed E-state index contributed by atoms with van der Waals surface area (Å²) in [4.78, 5) is 23.6. The van der Waals surface area contributed by atoms with Crippen LogP contribution >= 0.6 is 0 Å². The third-order valence-corrected chi connectivity index (χ3v) is 9.63. The second-order valence-electron chi connectivity index (χ2n) is 7.74. The second kappa shape index (κ2) is 6.76. The van der Waals surface area contributed by atoms with Crippen LogP contribution in [0.15, 0.2) is 0 Å². The Hall–Kier alpha value is -1.15. The van der Waals surface area contributed by atoms with Crippen LogP contribution < -0.4 is 0 Å². The minimum absolute atomic E-state index is 0.0436. The molecule has 0 saturated carbocycles. The van der Waals surface area contributed by atoms with Gasteiger partial charge >= 0.3 is 12.1 Å². The van der Waals surface area contributed by atoms with Crippen LogP contribution in [0.25, 0.3) is 0 Å². The van der Waals surface area contributed by atoms with Crippen LogP contribution in [0, 0.1) is 0 Å². The molecule has 0 radical (unpaired) electrons. The van der Waals surface area contributed by atoms with Gasteiger partial charge in [-0.15, -0.1) is 0 Å². The maximum Gasteiger partial charge on any atom is 0.408 e. The molecule has 0 spiro atoms. The molecule has 0 bridgehead atoms. The van der Waals surface area contributed by atoms with E-state index in [-0.39, 0.29) is 24.4 Å². The second-order valence-corrected chi connectivity index (χ2v) is 12.6. The summed E-state index contributed by atoms with van der Waals surface area (Å²) in [6.07, 6.45) is -2.69. The molecule has 0 aromatic rings. The third kappa shape index (κ3) is 4.23. The highest BCUT2D eigenvalue weighted by molar-refractivity contribution is 6.74. The summed E-state index contributed by atoms with van der Waals surface area (Å²) in [6, 6.07) is 0. The molecule has 1 amide bonds. The van der Waals surface area contributed by atoms with Crippen molar-refractivity contribution in [2.24, 2.45) is 0 Å². The van der Waals surface area contributed by atoms with E-state index in [2.05, 4.69) is 33.9 Å². The Morgan fingerprint density at radius 3 is 2.35 bits per heavy atom. The molecule has 2 atom stereocenters. The Morgan fingerprint density at radius 1 is 1.35 bits per heavy atom. The first kappa shape index (κ1) is 19.9. The van der Waals surface area contributed by atoms with E-state index in [1.165, 1.54) is 0 Å². The lowest BCUT2D eigenvalue weighted by Crippen LogP contribution is -2.53. The van der Waals surface area contributed by atoms with E-state index in [1.807, 2.05) is 0 Å². The van der Waals surface area contributed by atoms with Crippen molar-refractivity contribution in [1.29, 1.82) is 0 Å². The number of aliphatic carboxylic acids is 1. The zero-order valence-corrected chi connectivity index (χ0v) is 15.6. The average molecular weight is 349 g/mol. The van der Waals surface area contributed by atoms with Gasteiger partial charge in [-0.05, 0) is 31.0 Å². The van der Waals surface area contributed by atoms with Gasteiger partial charge < -0.3 is 14.6 Å².